The van der Waals surface area contributed by atoms with Gasteiger partial charge in [0.25, 0.3) is 0 Å². The van der Waals surface area contributed by atoms with Gasteiger partial charge in [0.05, 0.1) is 6.10 Å². The van der Waals surface area contributed by atoms with Crippen LogP contribution in [0.2, 0.25) is 0 Å². The van der Waals surface area contributed by atoms with E-state index in [1.807, 2.05) is 12.1 Å². The zero-order chi connectivity index (χ0) is 14.6. The van der Waals surface area contributed by atoms with Crippen molar-refractivity contribution in [1.29, 1.82) is 0 Å². The highest BCUT2D eigenvalue weighted by Crippen LogP contribution is 2.62. The molecule has 3 aliphatic rings. The van der Waals surface area contributed by atoms with Crippen LogP contribution in [0.5, 0.6) is 5.75 Å². The van der Waals surface area contributed by atoms with E-state index < -0.39 is 0 Å². The van der Waals surface area contributed by atoms with E-state index in [0.717, 1.165) is 25.2 Å². The van der Waals surface area contributed by atoms with Crippen LogP contribution in [0.4, 0.5) is 0 Å². The van der Waals surface area contributed by atoms with E-state index in [9.17, 15) is 10.2 Å². The van der Waals surface area contributed by atoms with Crippen LogP contribution in [0.15, 0.2) is 18.2 Å². The molecule has 0 aliphatic heterocycles. The van der Waals surface area contributed by atoms with E-state index in [2.05, 4.69) is 13.0 Å². The summed E-state index contributed by atoms with van der Waals surface area (Å²) in [6, 6.07) is 5.98. The lowest BCUT2D eigenvalue weighted by Crippen LogP contribution is -2.40. The SMILES string of the molecule is CC[C@]12CC[C@@H]3c4ccc(O)cc4CC[C@H]3[C@@H]1C[C@@H](O)C2. The Labute approximate surface area is 127 Å². The molecule has 2 N–H and O–H groups in total. The Balaban J connectivity index is 1.70. The molecule has 3 aliphatic carbocycles. The topological polar surface area (TPSA) is 40.5 Å². The molecule has 21 heavy (non-hydrogen) atoms. The molecule has 2 saturated carbocycles. The van der Waals surface area contributed by atoms with Crippen LogP contribution in [0.1, 0.15) is 62.5 Å². The van der Waals surface area contributed by atoms with Gasteiger partial charge in [0.1, 0.15) is 5.75 Å². The van der Waals surface area contributed by atoms with Gasteiger partial charge in [-0.05, 0) is 85.0 Å². The molecule has 2 heteroatoms. The molecule has 0 amide bonds. The fraction of sp³-hybridized carbons (Fsp3) is 0.684. The Bertz CT molecular complexity index is 552. The molecule has 2 nitrogen and oxygen atoms in total. The van der Waals surface area contributed by atoms with E-state index in [1.165, 1.54) is 36.8 Å². The van der Waals surface area contributed by atoms with Crippen LogP contribution in [-0.4, -0.2) is 16.3 Å². The summed E-state index contributed by atoms with van der Waals surface area (Å²) in [4.78, 5) is 0. The minimum Gasteiger partial charge on any atom is -0.508 e. The second-order valence-corrected chi connectivity index (χ2v) is 7.65. The second-order valence-electron chi connectivity index (χ2n) is 7.65. The van der Waals surface area contributed by atoms with Crippen molar-refractivity contribution in [3.05, 3.63) is 29.3 Å². The molecule has 0 unspecified atom stereocenters. The highest BCUT2D eigenvalue weighted by molar-refractivity contribution is 5.40. The van der Waals surface area contributed by atoms with Gasteiger partial charge < -0.3 is 10.2 Å². The van der Waals surface area contributed by atoms with Gasteiger partial charge in [-0.1, -0.05) is 19.4 Å². The third kappa shape index (κ3) is 1.95. The summed E-state index contributed by atoms with van der Waals surface area (Å²) in [6.07, 6.45) is 8.06. The summed E-state index contributed by atoms with van der Waals surface area (Å²) in [7, 11) is 0. The Morgan fingerprint density at radius 2 is 2.14 bits per heavy atom. The van der Waals surface area contributed by atoms with E-state index >= 15 is 0 Å². The predicted octanol–water partition coefficient (Wildman–Crippen LogP) is 4.00. The second kappa shape index (κ2) is 4.74. The number of aliphatic hydroxyl groups is 1. The summed E-state index contributed by atoms with van der Waals surface area (Å²) < 4.78 is 0. The van der Waals surface area contributed by atoms with Crippen molar-refractivity contribution in [3.8, 4) is 5.75 Å². The first-order valence-electron chi connectivity index (χ1n) is 8.63. The molecule has 0 aromatic heterocycles. The van der Waals surface area contributed by atoms with Crippen LogP contribution >= 0.6 is 0 Å². The Morgan fingerprint density at radius 3 is 2.95 bits per heavy atom. The van der Waals surface area contributed by atoms with Gasteiger partial charge in [-0.15, -0.1) is 0 Å². The first-order chi connectivity index (χ1) is 10.1. The van der Waals surface area contributed by atoms with E-state index in [1.54, 1.807) is 0 Å². The quantitative estimate of drug-likeness (QED) is 0.819. The normalized spacial score (nSPS) is 41.2. The van der Waals surface area contributed by atoms with Gasteiger partial charge >= 0.3 is 0 Å². The van der Waals surface area contributed by atoms with Gasteiger partial charge in [0.15, 0.2) is 0 Å². The van der Waals surface area contributed by atoms with Crippen LogP contribution < -0.4 is 0 Å². The van der Waals surface area contributed by atoms with Crippen LogP contribution in [-0.2, 0) is 6.42 Å². The number of aromatic hydroxyl groups is 1. The Hall–Kier alpha value is -1.02. The van der Waals surface area contributed by atoms with Crippen molar-refractivity contribution >= 4 is 0 Å². The van der Waals surface area contributed by atoms with Gasteiger partial charge in [-0.3, -0.25) is 0 Å². The van der Waals surface area contributed by atoms with Crippen molar-refractivity contribution in [2.24, 2.45) is 17.3 Å². The van der Waals surface area contributed by atoms with E-state index in [4.69, 9.17) is 0 Å². The minimum atomic E-state index is -0.0742. The van der Waals surface area contributed by atoms with Crippen molar-refractivity contribution < 1.29 is 10.2 Å². The summed E-state index contributed by atoms with van der Waals surface area (Å²) in [5, 5.41) is 20.0. The molecule has 4 rings (SSSR count). The zero-order valence-electron chi connectivity index (χ0n) is 12.9. The number of hydrogen-bond donors (Lipinski definition) is 2. The van der Waals surface area contributed by atoms with Crippen LogP contribution in [0, 0.1) is 17.3 Å². The van der Waals surface area contributed by atoms with Crippen LogP contribution in [0.25, 0.3) is 0 Å². The summed E-state index contributed by atoms with van der Waals surface area (Å²) >= 11 is 0. The van der Waals surface area contributed by atoms with E-state index in [-0.39, 0.29) is 6.10 Å². The van der Waals surface area contributed by atoms with Gasteiger partial charge in [-0.25, -0.2) is 0 Å². The molecule has 0 heterocycles. The number of phenolic OH excluding ortho intramolecular Hbond substituents is 1. The third-order valence-electron chi connectivity index (χ3n) is 6.92. The summed E-state index contributed by atoms with van der Waals surface area (Å²) in [6.45, 7) is 2.32. The lowest BCUT2D eigenvalue weighted by atomic mass is 9.54. The fourth-order valence-electron chi connectivity index (χ4n) is 5.97. The number of fused-ring (bicyclic) bond motifs is 5. The maximum Gasteiger partial charge on any atom is 0.115 e. The van der Waals surface area contributed by atoms with Crippen molar-refractivity contribution in [2.75, 3.05) is 0 Å². The Kier molecular flexibility index (Phi) is 3.08. The highest BCUT2D eigenvalue weighted by atomic mass is 16.3. The molecule has 0 radical (unpaired) electrons. The number of hydrogen-bond acceptors (Lipinski definition) is 2. The molecule has 2 fully saturated rings. The number of aliphatic hydroxyl groups excluding tert-OH is 1. The third-order valence-corrected chi connectivity index (χ3v) is 6.92. The monoisotopic (exact) mass is 286 g/mol. The maximum atomic E-state index is 10.2. The molecular weight excluding hydrogens is 260 g/mol. The first-order valence-corrected chi connectivity index (χ1v) is 8.63. The molecule has 0 bridgehead atoms. The molecular formula is C19H26O2. The summed E-state index contributed by atoms with van der Waals surface area (Å²) in [5.41, 5.74) is 3.25. The van der Waals surface area contributed by atoms with Gasteiger partial charge in [-0.2, -0.15) is 0 Å². The Morgan fingerprint density at radius 1 is 1.29 bits per heavy atom. The lowest BCUT2D eigenvalue weighted by Gasteiger charge is -2.50. The van der Waals surface area contributed by atoms with Crippen LogP contribution in [0.3, 0.4) is 0 Å². The largest absolute Gasteiger partial charge is 0.508 e. The standard InChI is InChI=1S/C19H26O2/c1-2-19-8-7-16-15-6-4-13(20)9-12(15)3-5-17(16)18(19)10-14(21)11-19/h4,6,9,14,16-18,20-21H,2-3,5,7-8,10-11H2,1H3/t14-,16-,17-,18+,19-/m1/s1. The van der Waals surface area contributed by atoms with Gasteiger partial charge in [0, 0.05) is 0 Å². The smallest absolute Gasteiger partial charge is 0.115 e. The molecule has 0 saturated heterocycles. The molecule has 1 aromatic rings. The summed E-state index contributed by atoms with van der Waals surface area (Å²) in [5.74, 6) is 2.51. The van der Waals surface area contributed by atoms with Crippen molar-refractivity contribution in [3.63, 3.8) is 0 Å². The molecule has 5 atom stereocenters. The number of rotatable bonds is 1. The molecule has 0 spiro atoms. The molecule has 114 valence electrons. The highest BCUT2D eigenvalue weighted by Gasteiger charge is 2.54. The lowest BCUT2D eigenvalue weighted by molar-refractivity contribution is 0.0403. The molecule has 1 aromatic carbocycles. The maximum absolute atomic E-state index is 10.2. The van der Waals surface area contributed by atoms with Crippen molar-refractivity contribution in [1.82, 2.24) is 0 Å². The predicted molar refractivity (Wildman–Crippen MR) is 83.3 cm³/mol. The fourth-order valence-corrected chi connectivity index (χ4v) is 5.97. The minimum absolute atomic E-state index is 0.0742. The average Bonchev–Trinajstić information content (AvgIpc) is 2.83. The number of phenols is 1. The zero-order valence-corrected chi connectivity index (χ0v) is 12.9. The van der Waals surface area contributed by atoms with E-state index in [0.29, 0.717) is 23.0 Å². The first kappa shape index (κ1) is 13.6. The average molecular weight is 286 g/mol. The number of benzene rings is 1. The van der Waals surface area contributed by atoms with Gasteiger partial charge in [0.2, 0.25) is 0 Å². The number of aryl methyl sites for hydroxylation is 1. The van der Waals surface area contributed by atoms with Crippen molar-refractivity contribution in [2.45, 2.75) is 63.9 Å².